The summed E-state index contributed by atoms with van der Waals surface area (Å²) in [4.78, 5) is 11.6. The summed E-state index contributed by atoms with van der Waals surface area (Å²) in [6.45, 7) is 2.95. The number of hydrogen-bond acceptors (Lipinski definition) is 4. The topological polar surface area (TPSA) is 64.4 Å². The first-order valence-corrected chi connectivity index (χ1v) is 7.74. The van der Waals surface area contributed by atoms with Gasteiger partial charge in [-0.15, -0.1) is 12.4 Å². The monoisotopic (exact) mass is 318 g/mol. The van der Waals surface area contributed by atoms with Crippen LogP contribution in [0.25, 0.3) is 0 Å². The molecule has 0 saturated heterocycles. The number of aryl methyl sites for hydroxylation is 1. The lowest BCUT2D eigenvalue weighted by Crippen LogP contribution is -2.42. The average molecular weight is 319 g/mol. The van der Waals surface area contributed by atoms with Gasteiger partial charge >= 0.3 is 0 Å². The number of hydrogen-bond donors (Lipinski definition) is 2. The van der Waals surface area contributed by atoms with Crippen LogP contribution in [0.1, 0.15) is 12.0 Å². The second-order valence-corrected chi connectivity index (χ2v) is 5.33. The van der Waals surface area contributed by atoms with E-state index in [2.05, 4.69) is 5.32 Å². The Balaban J connectivity index is 0.00000361. The number of carbonyl (C=O) groups excluding carboxylic acids is 1. The van der Waals surface area contributed by atoms with Crippen molar-refractivity contribution in [1.29, 1.82) is 0 Å². The summed E-state index contributed by atoms with van der Waals surface area (Å²) in [6.07, 6.45) is 2.70. The predicted molar refractivity (Wildman–Crippen MR) is 87.9 cm³/mol. The van der Waals surface area contributed by atoms with Crippen LogP contribution in [0.4, 0.5) is 0 Å². The number of rotatable bonds is 8. The predicted octanol–water partition coefficient (Wildman–Crippen LogP) is 1.99. The smallest absolute Gasteiger partial charge is 0.237 e. The zero-order valence-electron chi connectivity index (χ0n) is 11.9. The third-order valence-electron chi connectivity index (χ3n) is 2.66. The molecule has 1 atom stereocenters. The highest BCUT2D eigenvalue weighted by molar-refractivity contribution is 7.98. The Morgan fingerprint density at radius 2 is 2.05 bits per heavy atom. The van der Waals surface area contributed by atoms with Crippen LogP contribution in [-0.4, -0.2) is 37.1 Å². The molecule has 0 spiro atoms. The molecule has 1 aromatic rings. The minimum atomic E-state index is -0.424. The van der Waals surface area contributed by atoms with E-state index in [0.717, 1.165) is 11.5 Å². The maximum absolute atomic E-state index is 11.6. The Bertz CT molecular complexity index is 387. The van der Waals surface area contributed by atoms with Gasteiger partial charge < -0.3 is 15.8 Å². The van der Waals surface area contributed by atoms with Gasteiger partial charge in [0.05, 0.1) is 12.6 Å². The molecule has 0 saturated carbocycles. The average Bonchev–Trinajstić information content (AvgIpc) is 2.42. The highest BCUT2D eigenvalue weighted by Gasteiger charge is 2.11. The van der Waals surface area contributed by atoms with Gasteiger partial charge in [-0.25, -0.2) is 0 Å². The lowest BCUT2D eigenvalue weighted by Gasteiger charge is -2.12. The van der Waals surface area contributed by atoms with Crippen LogP contribution in [0, 0.1) is 6.92 Å². The van der Waals surface area contributed by atoms with Gasteiger partial charge in [-0.1, -0.05) is 17.7 Å². The van der Waals surface area contributed by atoms with Crippen LogP contribution < -0.4 is 15.8 Å². The summed E-state index contributed by atoms with van der Waals surface area (Å²) in [5.74, 6) is 1.60. The van der Waals surface area contributed by atoms with Gasteiger partial charge in [0.2, 0.25) is 5.91 Å². The van der Waals surface area contributed by atoms with Gasteiger partial charge in [0.15, 0.2) is 0 Å². The Kier molecular flexibility index (Phi) is 10.3. The van der Waals surface area contributed by atoms with Crippen LogP contribution in [0.5, 0.6) is 5.75 Å². The first kappa shape index (κ1) is 19.1. The molecule has 3 N–H and O–H groups in total. The third kappa shape index (κ3) is 7.62. The van der Waals surface area contributed by atoms with Crippen molar-refractivity contribution in [1.82, 2.24) is 5.32 Å². The van der Waals surface area contributed by atoms with E-state index in [1.807, 2.05) is 37.4 Å². The summed E-state index contributed by atoms with van der Waals surface area (Å²) in [7, 11) is 0. The summed E-state index contributed by atoms with van der Waals surface area (Å²) < 4.78 is 5.51. The number of carbonyl (C=O) groups is 1. The summed E-state index contributed by atoms with van der Waals surface area (Å²) in [5, 5.41) is 2.77. The SMILES string of the molecule is CSCC[C@H](N)C(=O)NCCOc1ccc(C)cc1.Cl. The fourth-order valence-corrected chi connectivity index (χ4v) is 1.97. The summed E-state index contributed by atoms with van der Waals surface area (Å²) >= 11 is 1.69. The highest BCUT2D eigenvalue weighted by atomic mass is 35.5. The van der Waals surface area contributed by atoms with Crippen molar-refractivity contribution >= 4 is 30.1 Å². The zero-order valence-corrected chi connectivity index (χ0v) is 13.6. The molecule has 0 aliphatic rings. The van der Waals surface area contributed by atoms with Gasteiger partial charge in [-0.3, -0.25) is 4.79 Å². The van der Waals surface area contributed by atoms with Crippen molar-refractivity contribution in [2.75, 3.05) is 25.2 Å². The first-order valence-electron chi connectivity index (χ1n) is 6.35. The largest absolute Gasteiger partial charge is 0.492 e. The van der Waals surface area contributed by atoms with Gasteiger partial charge in [0.1, 0.15) is 12.4 Å². The van der Waals surface area contributed by atoms with Crippen molar-refractivity contribution in [3.8, 4) is 5.75 Å². The van der Waals surface area contributed by atoms with Crippen molar-refractivity contribution in [3.05, 3.63) is 29.8 Å². The van der Waals surface area contributed by atoms with Crippen LogP contribution in [0.3, 0.4) is 0 Å². The molecular weight excluding hydrogens is 296 g/mol. The van der Waals surface area contributed by atoms with Crippen LogP contribution in [-0.2, 0) is 4.79 Å². The molecule has 0 aliphatic heterocycles. The third-order valence-corrected chi connectivity index (χ3v) is 3.30. The van der Waals surface area contributed by atoms with E-state index in [1.165, 1.54) is 5.56 Å². The number of ether oxygens (including phenoxy) is 1. The second kappa shape index (κ2) is 10.8. The number of nitrogens with one attached hydrogen (secondary N) is 1. The number of halogens is 1. The molecule has 114 valence electrons. The molecular formula is C14H23ClN2O2S. The van der Waals surface area contributed by atoms with E-state index in [9.17, 15) is 4.79 Å². The van der Waals surface area contributed by atoms with Crippen LogP contribution >= 0.6 is 24.2 Å². The molecule has 0 bridgehead atoms. The minimum Gasteiger partial charge on any atom is -0.492 e. The standard InChI is InChI=1S/C14H22N2O2S.ClH/c1-11-3-5-12(6-4-11)18-9-8-16-14(17)13(15)7-10-19-2;/h3-6,13H,7-10,15H2,1-2H3,(H,16,17);1H/t13-;/m0./s1. The fourth-order valence-electron chi connectivity index (χ4n) is 1.48. The minimum absolute atomic E-state index is 0. The fraction of sp³-hybridized carbons (Fsp3) is 0.500. The Hall–Kier alpha value is -0.910. The Morgan fingerprint density at radius 3 is 2.65 bits per heavy atom. The number of amides is 1. The molecule has 0 aromatic heterocycles. The van der Waals surface area contributed by atoms with Crippen molar-refractivity contribution in [2.24, 2.45) is 5.73 Å². The Morgan fingerprint density at radius 1 is 1.40 bits per heavy atom. The van der Waals surface area contributed by atoms with Crippen LogP contribution in [0.2, 0.25) is 0 Å². The molecule has 1 aromatic carbocycles. The molecule has 0 heterocycles. The molecule has 1 rings (SSSR count). The van der Waals surface area contributed by atoms with E-state index in [4.69, 9.17) is 10.5 Å². The normalized spacial score (nSPS) is 11.3. The maximum Gasteiger partial charge on any atom is 0.237 e. The molecule has 4 nitrogen and oxygen atoms in total. The van der Waals surface area contributed by atoms with E-state index in [0.29, 0.717) is 19.6 Å². The molecule has 0 fully saturated rings. The number of nitrogens with two attached hydrogens (primary N) is 1. The molecule has 0 radical (unpaired) electrons. The van der Waals surface area contributed by atoms with E-state index in [-0.39, 0.29) is 18.3 Å². The number of thioether (sulfide) groups is 1. The lowest BCUT2D eigenvalue weighted by molar-refractivity contribution is -0.122. The second-order valence-electron chi connectivity index (χ2n) is 4.34. The molecule has 6 heteroatoms. The van der Waals surface area contributed by atoms with Crippen molar-refractivity contribution in [3.63, 3.8) is 0 Å². The molecule has 1 amide bonds. The van der Waals surface area contributed by atoms with Gasteiger partial charge in [0.25, 0.3) is 0 Å². The van der Waals surface area contributed by atoms with Gasteiger partial charge in [-0.05, 0) is 37.5 Å². The lowest BCUT2D eigenvalue weighted by atomic mass is 10.2. The van der Waals surface area contributed by atoms with E-state index >= 15 is 0 Å². The molecule has 20 heavy (non-hydrogen) atoms. The zero-order chi connectivity index (χ0) is 14.1. The van der Waals surface area contributed by atoms with Crippen LogP contribution in [0.15, 0.2) is 24.3 Å². The van der Waals surface area contributed by atoms with Crippen molar-refractivity contribution < 1.29 is 9.53 Å². The first-order chi connectivity index (χ1) is 9.13. The van der Waals surface area contributed by atoms with Gasteiger partial charge in [-0.2, -0.15) is 11.8 Å². The maximum atomic E-state index is 11.6. The summed E-state index contributed by atoms with van der Waals surface area (Å²) in [6, 6.07) is 7.40. The highest BCUT2D eigenvalue weighted by Crippen LogP contribution is 2.10. The molecule has 0 unspecified atom stereocenters. The van der Waals surface area contributed by atoms with E-state index < -0.39 is 6.04 Å². The Labute approximate surface area is 131 Å². The molecule has 0 aliphatic carbocycles. The quantitative estimate of drug-likeness (QED) is 0.720. The van der Waals surface area contributed by atoms with Crippen molar-refractivity contribution in [2.45, 2.75) is 19.4 Å². The van der Waals surface area contributed by atoms with Gasteiger partial charge in [0, 0.05) is 0 Å². The van der Waals surface area contributed by atoms with E-state index in [1.54, 1.807) is 11.8 Å². The number of benzene rings is 1. The summed E-state index contributed by atoms with van der Waals surface area (Å²) in [5.41, 5.74) is 6.94.